The second kappa shape index (κ2) is 11.0. The summed E-state index contributed by atoms with van der Waals surface area (Å²) in [6.45, 7) is 10.6. The second-order valence-corrected chi connectivity index (χ2v) is 14.6. The number of hydrogen-bond donors (Lipinski definition) is 2. The molecule has 0 amide bonds. The van der Waals surface area contributed by atoms with Gasteiger partial charge in [-0.1, -0.05) is 53.4 Å². The predicted molar refractivity (Wildman–Crippen MR) is 158 cm³/mol. The first-order chi connectivity index (χ1) is 18.1. The van der Waals surface area contributed by atoms with Gasteiger partial charge in [0.15, 0.2) is 0 Å². The van der Waals surface area contributed by atoms with E-state index in [4.69, 9.17) is 16.2 Å². The molecule has 1 aromatic rings. The average Bonchev–Trinajstić information content (AvgIpc) is 3.23. The number of carbonyl (C=O) groups is 1. The first kappa shape index (κ1) is 27.8. The highest BCUT2D eigenvalue weighted by molar-refractivity contribution is 5.91. The molecule has 4 fully saturated rings. The van der Waals surface area contributed by atoms with Crippen LogP contribution in [-0.4, -0.2) is 12.6 Å². The van der Waals surface area contributed by atoms with Gasteiger partial charge in [-0.05, 0) is 128 Å². The Morgan fingerprint density at radius 2 is 1.63 bits per heavy atom. The third kappa shape index (κ3) is 5.22. The Labute approximate surface area is 232 Å². The number of rotatable bonds is 8. The summed E-state index contributed by atoms with van der Waals surface area (Å²) in [4.78, 5) is 12.4. The lowest BCUT2D eigenvalue weighted by atomic mass is 9.44. The Morgan fingerprint density at radius 1 is 0.895 bits per heavy atom. The largest absolute Gasteiger partial charge is 0.462 e. The molecule has 3 unspecified atom stereocenters. The minimum absolute atomic E-state index is 0.333. The Morgan fingerprint density at radius 3 is 2.39 bits per heavy atom. The summed E-state index contributed by atoms with van der Waals surface area (Å²) < 4.78 is 5.59. The minimum atomic E-state index is -0.333. The zero-order valence-electron chi connectivity index (χ0n) is 24.6. The summed E-state index contributed by atoms with van der Waals surface area (Å²) in [6, 6.07) is 4.92. The molecule has 4 aliphatic carbocycles. The van der Waals surface area contributed by atoms with Crippen LogP contribution in [0.2, 0.25) is 0 Å². The fourth-order valence-electron chi connectivity index (χ4n) is 10.4. The van der Waals surface area contributed by atoms with E-state index in [0.29, 0.717) is 40.3 Å². The monoisotopic (exact) mass is 522 g/mol. The first-order valence-electron chi connectivity index (χ1n) is 15.9. The molecule has 4 saturated carbocycles. The van der Waals surface area contributed by atoms with Crippen molar-refractivity contribution >= 4 is 17.3 Å². The van der Waals surface area contributed by atoms with Crippen molar-refractivity contribution in [1.82, 2.24) is 0 Å². The summed E-state index contributed by atoms with van der Waals surface area (Å²) >= 11 is 0. The molecule has 38 heavy (non-hydrogen) atoms. The maximum atomic E-state index is 12.4. The second-order valence-electron chi connectivity index (χ2n) is 14.6. The third-order valence-electron chi connectivity index (χ3n) is 12.4. The molecule has 0 aliphatic heterocycles. The normalized spacial score (nSPS) is 37.9. The molecule has 4 aliphatic rings. The molecule has 212 valence electrons. The molecule has 0 saturated heterocycles. The lowest BCUT2D eigenvalue weighted by Gasteiger charge is -2.61. The van der Waals surface area contributed by atoms with Crippen LogP contribution in [0.3, 0.4) is 0 Å². The van der Waals surface area contributed by atoms with Crippen molar-refractivity contribution < 1.29 is 9.53 Å². The van der Waals surface area contributed by atoms with Gasteiger partial charge in [-0.2, -0.15) is 0 Å². The fraction of sp³-hybridized carbons (Fsp3) is 0.794. The molecule has 0 bridgehead atoms. The zero-order valence-corrected chi connectivity index (χ0v) is 24.6. The maximum Gasteiger partial charge on any atom is 0.338 e. The van der Waals surface area contributed by atoms with E-state index in [1.165, 1.54) is 77.0 Å². The maximum absolute atomic E-state index is 12.4. The van der Waals surface area contributed by atoms with Crippen LogP contribution in [0.15, 0.2) is 18.2 Å². The van der Waals surface area contributed by atoms with Crippen molar-refractivity contribution in [1.29, 1.82) is 0 Å². The van der Waals surface area contributed by atoms with E-state index in [1.807, 2.05) is 0 Å². The third-order valence-corrected chi connectivity index (χ3v) is 12.4. The summed E-state index contributed by atoms with van der Waals surface area (Å²) in [7, 11) is 0. The van der Waals surface area contributed by atoms with E-state index in [9.17, 15) is 4.79 Å². The van der Waals surface area contributed by atoms with E-state index in [-0.39, 0.29) is 5.97 Å². The highest BCUT2D eigenvalue weighted by atomic mass is 16.5. The number of hydrogen-bond acceptors (Lipinski definition) is 4. The summed E-state index contributed by atoms with van der Waals surface area (Å²) in [6.07, 6.45) is 18.5. The van der Waals surface area contributed by atoms with Gasteiger partial charge in [-0.25, -0.2) is 4.79 Å². The van der Waals surface area contributed by atoms with Crippen molar-refractivity contribution in [3.63, 3.8) is 0 Å². The van der Waals surface area contributed by atoms with Crippen molar-refractivity contribution in [2.75, 3.05) is 18.1 Å². The van der Waals surface area contributed by atoms with Crippen LogP contribution in [0.4, 0.5) is 11.4 Å². The molecule has 4 N–H and O–H groups in total. The topological polar surface area (TPSA) is 78.3 Å². The molecule has 0 spiro atoms. The number of nitrogens with two attached hydrogens (primary N) is 2. The van der Waals surface area contributed by atoms with Gasteiger partial charge in [0.1, 0.15) is 0 Å². The van der Waals surface area contributed by atoms with Crippen LogP contribution in [0.5, 0.6) is 0 Å². The minimum Gasteiger partial charge on any atom is -0.462 e. The number of ether oxygens (including phenoxy) is 1. The summed E-state index contributed by atoms with van der Waals surface area (Å²) in [5, 5.41) is 0. The summed E-state index contributed by atoms with van der Waals surface area (Å²) in [5.74, 6) is 5.67. The lowest BCUT2D eigenvalue weighted by Crippen LogP contribution is -2.53. The number of esters is 1. The summed E-state index contributed by atoms with van der Waals surface area (Å²) in [5.41, 5.74) is 14.3. The molecular formula is C34H54N2O2. The van der Waals surface area contributed by atoms with Crippen molar-refractivity contribution in [3.05, 3.63) is 23.8 Å². The SMILES string of the molecule is CC(CCCC(C)[C@H]1CC[C@H]2[C@@H]3CCC4CCCC[C@]4(C)[C@H]3CC[C@]12C)COC(=O)c1cc(N)cc(N)c1. The number of benzene rings is 1. The van der Waals surface area contributed by atoms with Crippen LogP contribution in [0, 0.1) is 52.3 Å². The van der Waals surface area contributed by atoms with Gasteiger partial charge >= 0.3 is 5.97 Å². The highest BCUT2D eigenvalue weighted by Gasteiger charge is 2.60. The van der Waals surface area contributed by atoms with Crippen molar-refractivity contribution in [2.24, 2.45) is 52.3 Å². The van der Waals surface area contributed by atoms with Gasteiger partial charge in [0.05, 0.1) is 12.2 Å². The van der Waals surface area contributed by atoms with E-state index in [1.54, 1.807) is 18.2 Å². The van der Waals surface area contributed by atoms with Gasteiger partial charge < -0.3 is 16.2 Å². The van der Waals surface area contributed by atoms with Gasteiger partial charge in [0.25, 0.3) is 0 Å². The van der Waals surface area contributed by atoms with Crippen LogP contribution >= 0.6 is 0 Å². The molecule has 1 aromatic carbocycles. The van der Waals surface area contributed by atoms with E-state index in [0.717, 1.165) is 41.9 Å². The number of carbonyl (C=O) groups excluding carboxylic acids is 1. The first-order valence-corrected chi connectivity index (χ1v) is 15.9. The van der Waals surface area contributed by atoms with Crippen LogP contribution < -0.4 is 11.5 Å². The number of nitrogen functional groups attached to an aromatic ring is 2. The molecule has 0 radical (unpaired) electrons. The van der Waals surface area contributed by atoms with E-state index >= 15 is 0 Å². The standard InChI is InChI=1S/C34H54N2O2/c1-22(21-38-32(37)24-18-26(35)20-27(36)19-24)8-7-9-23(2)29-13-14-30-28-12-11-25-10-5-6-16-33(25,3)31(28)15-17-34(29,30)4/h18-20,22-23,25,28-31H,5-17,21,35-36H2,1-4H3/t22?,23?,25?,28-,29+,30-,31-,33-,34+/m0/s1. The Bertz CT molecular complexity index is 972. The molecule has 0 aromatic heterocycles. The highest BCUT2D eigenvalue weighted by Crippen LogP contribution is 2.68. The molecule has 4 heteroatoms. The van der Waals surface area contributed by atoms with Crippen LogP contribution in [-0.2, 0) is 4.74 Å². The number of fused-ring (bicyclic) bond motifs is 5. The lowest BCUT2D eigenvalue weighted by molar-refractivity contribution is -0.114. The molecule has 5 rings (SSSR count). The molecule has 9 atom stereocenters. The fourth-order valence-corrected chi connectivity index (χ4v) is 10.4. The van der Waals surface area contributed by atoms with E-state index < -0.39 is 0 Å². The zero-order chi connectivity index (χ0) is 27.1. The van der Waals surface area contributed by atoms with Gasteiger partial charge in [-0.15, -0.1) is 0 Å². The van der Waals surface area contributed by atoms with Gasteiger partial charge in [-0.3, -0.25) is 0 Å². The Hall–Kier alpha value is -1.71. The molecular weight excluding hydrogens is 468 g/mol. The van der Waals surface area contributed by atoms with Crippen molar-refractivity contribution in [3.8, 4) is 0 Å². The van der Waals surface area contributed by atoms with Gasteiger partial charge in [0.2, 0.25) is 0 Å². The molecule has 0 heterocycles. The predicted octanol–water partition coefficient (Wildman–Crippen LogP) is 8.50. The van der Waals surface area contributed by atoms with Crippen LogP contribution in [0.25, 0.3) is 0 Å². The van der Waals surface area contributed by atoms with Crippen LogP contribution in [0.1, 0.15) is 122 Å². The Balaban J connectivity index is 1.10. The van der Waals surface area contributed by atoms with Crippen molar-refractivity contribution in [2.45, 2.75) is 111 Å². The van der Waals surface area contributed by atoms with E-state index in [2.05, 4.69) is 27.7 Å². The molecule has 4 nitrogen and oxygen atoms in total. The number of anilines is 2. The van der Waals surface area contributed by atoms with Gasteiger partial charge in [0, 0.05) is 11.4 Å². The quantitative estimate of drug-likeness (QED) is 0.265. The smallest absolute Gasteiger partial charge is 0.338 e. The average molecular weight is 523 g/mol. The Kier molecular flexibility index (Phi) is 8.09.